The maximum Gasteiger partial charge on any atom is 0.471 e. The fourth-order valence-corrected chi connectivity index (χ4v) is 2.74. The van der Waals surface area contributed by atoms with Crippen molar-refractivity contribution in [2.75, 3.05) is 18.6 Å². The molecule has 1 aromatic carbocycles. The number of hydrogen-bond acceptors (Lipinski definition) is 2. The number of allylic oxidation sites excluding steroid dienone is 1. The fourth-order valence-electron chi connectivity index (χ4n) is 2.37. The maximum atomic E-state index is 13.1. The second kappa shape index (κ2) is 9.90. The largest absolute Gasteiger partial charge is 0.471 e. The highest BCUT2D eigenvalue weighted by Crippen LogP contribution is 2.28. The number of halogens is 3. The normalized spacial score (nSPS) is 12.6. The lowest BCUT2D eigenvalue weighted by molar-refractivity contribution is -0.181. The van der Waals surface area contributed by atoms with Gasteiger partial charge in [0.1, 0.15) is 0 Å². The minimum atomic E-state index is -4.89. The second-order valence-electron chi connectivity index (χ2n) is 6.10. The average Bonchev–Trinajstić information content (AvgIpc) is 2.56. The number of hydrogen-bond donors (Lipinski definition) is 0. The van der Waals surface area contributed by atoms with Crippen molar-refractivity contribution in [3.63, 3.8) is 0 Å². The summed E-state index contributed by atoms with van der Waals surface area (Å²) in [6.07, 6.45) is 0.0609. The van der Waals surface area contributed by atoms with E-state index in [1.807, 2.05) is 25.3 Å². The van der Waals surface area contributed by atoms with E-state index in [0.29, 0.717) is 29.4 Å². The van der Waals surface area contributed by atoms with Gasteiger partial charge in [-0.1, -0.05) is 57.5 Å². The fraction of sp³-hybridized carbons (Fsp3) is 0.526. The summed E-state index contributed by atoms with van der Waals surface area (Å²) in [5.41, 5.74) is 2.08. The van der Waals surface area contributed by atoms with Crippen molar-refractivity contribution < 1.29 is 18.0 Å². The summed E-state index contributed by atoms with van der Waals surface area (Å²) < 4.78 is 39.2. The van der Waals surface area contributed by atoms with Crippen molar-refractivity contribution >= 4 is 23.4 Å². The summed E-state index contributed by atoms with van der Waals surface area (Å²) in [7, 11) is 0. The molecule has 0 aliphatic rings. The van der Waals surface area contributed by atoms with E-state index in [0.717, 1.165) is 16.9 Å². The molecule has 0 aromatic heterocycles. The van der Waals surface area contributed by atoms with E-state index in [1.54, 1.807) is 18.2 Å². The molecule has 1 aromatic rings. The van der Waals surface area contributed by atoms with Gasteiger partial charge in [0.2, 0.25) is 0 Å². The van der Waals surface area contributed by atoms with Crippen LogP contribution in [0.2, 0.25) is 0 Å². The third-order valence-electron chi connectivity index (χ3n) is 3.80. The number of carbonyl (C=O) groups is 1. The number of unbranched alkanes of at least 4 members (excludes halogenated alkanes) is 1. The summed E-state index contributed by atoms with van der Waals surface area (Å²) >= 11 is 1.41. The molecule has 0 atom stereocenters. The lowest BCUT2D eigenvalue weighted by Gasteiger charge is -2.27. The van der Waals surface area contributed by atoms with Crippen LogP contribution in [-0.4, -0.2) is 35.5 Å². The molecule has 6 heteroatoms. The summed E-state index contributed by atoms with van der Waals surface area (Å²) in [6, 6.07) is 7.41. The molecular formula is C19H26F3NOS. The summed E-state index contributed by atoms with van der Waals surface area (Å²) in [5.74, 6) is -1.03. The van der Waals surface area contributed by atoms with Crippen LogP contribution in [0, 0.1) is 0 Å². The average molecular weight is 373 g/mol. The van der Waals surface area contributed by atoms with Gasteiger partial charge in [-0.25, -0.2) is 0 Å². The predicted octanol–water partition coefficient (Wildman–Crippen LogP) is 5.70. The van der Waals surface area contributed by atoms with Gasteiger partial charge in [-0.2, -0.15) is 24.9 Å². The Morgan fingerprint density at radius 1 is 1.24 bits per heavy atom. The topological polar surface area (TPSA) is 20.3 Å². The third-order valence-corrected chi connectivity index (χ3v) is 4.39. The Balaban J connectivity index is 3.29. The lowest BCUT2D eigenvalue weighted by atomic mass is 10.00. The molecule has 0 aliphatic heterocycles. The molecule has 0 heterocycles. The van der Waals surface area contributed by atoms with Crippen molar-refractivity contribution in [2.24, 2.45) is 0 Å². The van der Waals surface area contributed by atoms with Crippen LogP contribution in [0.15, 0.2) is 30.3 Å². The molecule has 0 aliphatic carbocycles. The van der Waals surface area contributed by atoms with Gasteiger partial charge in [0.15, 0.2) is 0 Å². The number of thioether (sulfide) groups is 1. The van der Waals surface area contributed by atoms with Gasteiger partial charge in [0, 0.05) is 18.0 Å². The molecule has 0 N–H and O–H groups in total. The minimum Gasteiger partial charge on any atom is -0.303 e. The molecule has 1 rings (SSSR count). The summed E-state index contributed by atoms with van der Waals surface area (Å²) in [4.78, 5) is 12.8. The first kappa shape index (κ1) is 21.6. The minimum absolute atomic E-state index is 0.0288. The lowest BCUT2D eigenvalue weighted by Crippen LogP contribution is -2.41. The highest BCUT2D eigenvalue weighted by atomic mass is 32.2. The molecule has 1 amide bonds. The Hall–Kier alpha value is -1.43. The molecule has 0 fully saturated rings. The van der Waals surface area contributed by atoms with Crippen LogP contribution < -0.4 is 0 Å². The van der Waals surface area contributed by atoms with Gasteiger partial charge < -0.3 is 4.90 Å². The number of amides is 1. The van der Waals surface area contributed by atoms with Crippen molar-refractivity contribution in [3.05, 3.63) is 41.5 Å². The number of carbonyl (C=O) groups excluding carboxylic acids is 1. The Bertz CT molecular complexity index is 579. The number of rotatable bonds is 8. The molecule has 0 radical (unpaired) electrons. The molecule has 0 spiro atoms. The van der Waals surface area contributed by atoms with Gasteiger partial charge in [0.25, 0.3) is 0 Å². The summed E-state index contributed by atoms with van der Waals surface area (Å²) in [5, 5.41) is 0. The Kier molecular flexibility index (Phi) is 8.56. The monoisotopic (exact) mass is 373 g/mol. The Morgan fingerprint density at radius 2 is 1.84 bits per heavy atom. The first-order valence-corrected chi connectivity index (χ1v) is 9.79. The summed E-state index contributed by atoms with van der Waals surface area (Å²) in [6.45, 7) is 6.09. The van der Waals surface area contributed by atoms with Crippen LogP contribution in [-0.2, 0) is 4.79 Å². The molecule has 0 saturated heterocycles. The van der Waals surface area contributed by atoms with Crippen LogP contribution in [0.5, 0.6) is 0 Å². The van der Waals surface area contributed by atoms with Gasteiger partial charge in [-0.15, -0.1) is 0 Å². The van der Waals surface area contributed by atoms with Gasteiger partial charge in [-0.3, -0.25) is 4.79 Å². The van der Waals surface area contributed by atoms with Crippen molar-refractivity contribution in [1.82, 2.24) is 4.90 Å². The van der Waals surface area contributed by atoms with E-state index in [2.05, 4.69) is 13.8 Å². The van der Waals surface area contributed by atoms with Crippen LogP contribution in [0.25, 0.3) is 5.70 Å². The van der Waals surface area contributed by atoms with Crippen LogP contribution in [0.4, 0.5) is 13.2 Å². The van der Waals surface area contributed by atoms with E-state index in [9.17, 15) is 18.0 Å². The van der Waals surface area contributed by atoms with Crippen LogP contribution in [0.3, 0.4) is 0 Å². The molecule has 140 valence electrons. The zero-order valence-electron chi connectivity index (χ0n) is 15.2. The Labute approximate surface area is 152 Å². The van der Waals surface area contributed by atoms with E-state index in [1.165, 1.54) is 11.8 Å². The molecule has 25 heavy (non-hydrogen) atoms. The van der Waals surface area contributed by atoms with E-state index >= 15 is 0 Å². The molecule has 0 unspecified atom stereocenters. The van der Waals surface area contributed by atoms with Crippen LogP contribution in [0.1, 0.15) is 50.7 Å². The molecule has 0 bridgehead atoms. The number of nitrogens with zero attached hydrogens (tertiary/aromatic N) is 1. The molecule has 0 saturated carbocycles. The second-order valence-corrected chi connectivity index (χ2v) is 7.09. The highest BCUT2D eigenvalue weighted by molar-refractivity contribution is 7.98. The van der Waals surface area contributed by atoms with Crippen molar-refractivity contribution in [2.45, 2.75) is 45.7 Å². The van der Waals surface area contributed by atoms with E-state index in [4.69, 9.17) is 0 Å². The smallest absolute Gasteiger partial charge is 0.303 e. The zero-order chi connectivity index (χ0) is 19.0. The van der Waals surface area contributed by atoms with Crippen molar-refractivity contribution in [3.8, 4) is 0 Å². The molecule has 2 nitrogen and oxygen atoms in total. The van der Waals surface area contributed by atoms with Gasteiger partial charge in [-0.05, 0) is 29.7 Å². The SMILES string of the molecule is CCC/C=C(\c1ccc(C(C)C)cc1)N(CCSC)C(=O)C(F)(F)F. The standard InChI is InChI=1S/C19H26F3NOS/c1-5-6-7-17(16-10-8-15(9-11-16)14(2)3)23(12-13-25-4)18(24)19(20,21)22/h7-11,14H,5-6,12-13H2,1-4H3/b17-7+. The Morgan fingerprint density at radius 3 is 2.28 bits per heavy atom. The van der Waals surface area contributed by atoms with Crippen molar-refractivity contribution in [1.29, 1.82) is 0 Å². The molecular weight excluding hydrogens is 347 g/mol. The first-order chi connectivity index (χ1) is 11.7. The zero-order valence-corrected chi connectivity index (χ0v) is 16.0. The van der Waals surface area contributed by atoms with Gasteiger partial charge >= 0.3 is 12.1 Å². The highest BCUT2D eigenvalue weighted by Gasteiger charge is 2.43. The van der Waals surface area contributed by atoms with Gasteiger partial charge in [0.05, 0.1) is 0 Å². The quantitative estimate of drug-likeness (QED) is 0.582. The van der Waals surface area contributed by atoms with Crippen LogP contribution >= 0.6 is 11.8 Å². The number of alkyl halides is 3. The maximum absolute atomic E-state index is 13.1. The third kappa shape index (κ3) is 6.42. The van der Waals surface area contributed by atoms with E-state index < -0.39 is 12.1 Å². The number of benzene rings is 1. The van der Waals surface area contributed by atoms with E-state index in [-0.39, 0.29) is 6.54 Å². The predicted molar refractivity (Wildman–Crippen MR) is 99.6 cm³/mol. The first-order valence-electron chi connectivity index (χ1n) is 8.40.